The molecule has 0 radical (unpaired) electrons. The number of hydrogen-bond acceptors (Lipinski definition) is 10. The molecule has 5 aromatic rings. The van der Waals surface area contributed by atoms with Gasteiger partial charge in [-0.2, -0.15) is 14.2 Å². The van der Waals surface area contributed by atoms with Crippen LogP contribution >= 0.6 is 34.5 Å². The molecule has 0 saturated heterocycles. The zero-order chi connectivity index (χ0) is 26.1. The number of anilines is 1. The number of aromatic carboxylic acids is 1. The molecule has 0 aromatic carbocycles. The molecule has 15 heteroatoms. The number of pyridine rings is 1. The van der Waals surface area contributed by atoms with Crippen LogP contribution in [-0.4, -0.2) is 40.9 Å². The number of carboxylic acid groups (broad SMARTS) is 1. The van der Waals surface area contributed by atoms with Crippen molar-refractivity contribution in [2.75, 3.05) is 5.32 Å². The Balaban J connectivity index is 1.65. The van der Waals surface area contributed by atoms with Crippen LogP contribution in [0, 0.1) is 5.82 Å². The van der Waals surface area contributed by atoms with Crippen LogP contribution in [0.5, 0.6) is 0 Å². The van der Waals surface area contributed by atoms with Gasteiger partial charge in [-0.25, -0.2) is 9.18 Å². The summed E-state index contributed by atoms with van der Waals surface area (Å²) in [6, 6.07) is 7.51. The lowest BCUT2D eigenvalue weighted by Crippen LogP contribution is -2.25. The van der Waals surface area contributed by atoms with Crippen LogP contribution in [0.25, 0.3) is 11.3 Å². The van der Waals surface area contributed by atoms with E-state index in [1.807, 2.05) is 0 Å². The average molecular weight is 561 g/mol. The van der Waals surface area contributed by atoms with E-state index >= 15 is 4.39 Å². The van der Waals surface area contributed by atoms with Crippen molar-refractivity contribution in [1.82, 2.24) is 23.9 Å². The molecule has 0 aliphatic heterocycles. The SMILES string of the molecule is O=C(O)c1ccn(Cc2ccsn2)c(=O)c1-c1nn(C(=O)c2ccno2)c(NCc2ccc(Cl)s2)c1F. The summed E-state index contributed by atoms with van der Waals surface area (Å²) >= 11 is 8.39. The van der Waals surface area contributed by atoms with Crippen molar-refractivity contribution in [3.8, 4) is 11.3 Å². The lowest BCUT2D eigenvalue weighted by molar-refractivity contribution is 0.0697. The van der Waals surface area contributed by atoms with Crippen LogP contribution in [0.4, 0.5) is 10.2 Å². The summed E-state index contributed by atoms with van der Waals surface area (Å²) < 4.78 is 27.3. The molecule has 5 rings (SSSR count). The van der Waals surface area contributed by atoms with Gasteiger partial charge in [-0.05, 0) is 35.8 Å². The lowest BCUT2D eigenvalue weighted by Gasteiger charge is -2.09. The first-order valence-electron chi connectivity index (χ1n) is 10.4. The Morgan fingerprint density at radius 2 is 2.05 bits per heavy atom. The van der Waals surface area contributed by atoms with Crippen molar-refractivity contribution in [3.63, 3.8) is 0 Å². The molecule has 0 saturated carbocycles. The highest BCUT2D eigenvalue weighted by molar-refractivity contribution is 7.16. The van der Waals surface area contributed by atoms with E-state index in [0.29, 0.717) is 14.7 Å². The van der Waals surface area contributed by atoms with Gasteiger partial charge in [0, 0.05) is 22.5 Å². The van der Waals surface area contributed by atoms with Crippen LogP contribution in [0.3, 0.4) is 0 Å². The summed E-state index contributed by atoms with van der Waals surface area (Å²) in [4.78, 5) is 39.1. The molecule has 0 aliphatic rings. The van der Waals surface area contributed by atoms with Crippen molar-refractivity contribution in [2.45, 2.75) is 13.1 Å². The zero-order valence-corrected chi connectivity index (χ0v) is 20.8. The normalized spacial score (nSPS) is 11.1. The van der Waals surface area contributed by atoms with Gasteiger partial charge >= 0.3 is 11.9 Å². The maximum atomic E-state index is 15.9. The summed E-state index contributed by atoms with van der Waals surface area (Å²) in [6.07, 6.45) is 2.51. The Kier molecular flexibility index (Phi) is 6.69. The van der Waals surface area contributed by atoms with E-state index in [4.69, 9.17) is 16.1 Å². The highest BCUT2D eigenvalue weighted by Crippen LogP contribution is 2.30. The number of rotatable bonds is 8. The molecule has 0 atom stereocenters. The Bertz CT molecular complexity index is 1660. The van der Waals surface area contributed by atoms with Crippen LogP contribution in [-0.2, 0) is 13.1 Å². The van der Waals surface area contributed by atoms with E-state index in [9.17, 15) is 19.5 Å². The van der Waals surface area contributed by atoms with Gasteiger partial charge in [0.25, 0.3) is 5.56 Å². The van der Waals surface area contributed by atoms with E-state index in [1.54, 1.807) is 23.6 Å². The molecule has 0 amide bonds. The van der Waals surface area contributed by atoms with Gasteiger partial charge < -0.3 is 19.5 Å². The molecule has 0 bridgehead atoms. The lowest BCUT2D eigenvalue weighted by atomic mass is 10.1. The van der Waals surface area contributed by atoms with Gasteiger partial charge in [-0.1, -0.05) is 16.8 Å². The van der Waals surface area contributed by atoms with Crippen LogP contribution < -0.4 is 10.9 Å². The summed E-state index contributed by atoms with van der Waals surface area (Å²) in [7, 11) is 0. The minimum Gasteiger partial charge on any atom is -0.478 e. The largest absolute Gasteiger partial charge is 0.478 e. The van der Waals surface area contributed by atoms with Crippen molar-refractivity contribution < 1.29 is 23.6 Å². The molecular weight excluding hydrogens is 547 g/mol. The summed E-state index contributed by atoms with van der Waals surface area (Å²) in [6.45, 7) is 0.0938. The van der Waals surface area contributed by atoms with Gasteiger partial charge in [0.2, 0.25) is 5.76 Å². The Labute approximate surface area is 219 Å². The zero-order valence-electron chi connectivity index (χ0n) is 18.4. The maximum Gasteiger partial charge on any atom is 0.336 e. The molecule has 188 valence electrons. The second-order valence-electron chi connectivity index (χ2n) is 7.50. The third kappa shape index (κ3) is 4.81. The molecular formula is C22H14ClFN6O5S2. The standard InChI is InChI=1S/C22H14ClFN6O5S2/c23-15-2-1-12(37-15)9-25-19-17(24)18(27-30(19)20(31)14-3-6-26-35-14)16-13(22(33)34)4-7-29(21(16)32)10-11-5-8-36-28-11/h1-8,25H,9-10H2,(H,33,34). The second kappa shape index (κ2) is 10.1. The smallest absolute Gasteiger partial charge is 0.336 e. The molecule has 0 fully saturated rings. The number of nitrogens with zero attached hydrogens (tertiary/aromatic N) is 5. The number of nitrogens with one attached hydrogen (secondary N) is 1. The topological polar surface area (TPSA) is 145 Å². The van der Waals surface area contributed by atoms with Crippen molar-refractivity contribution in [2.24, 2.45) is 0 Å². The van der Waals surface area contributed by atoms with E-state index < -0.39 is 45.9 Å². The van der Waals surface area contributed by atoms with Gasteiger partial charge in [-0.3, -0.25) is 9.59 Å². The molecule has 0 spiro atoms. The van der Waals surface area contributed by atoms with Crippen LogP contribution in [0.15, 0.2) is 57.4 Å². The number of halogens is 2. The summed E-state index contributed by atoms with van der Waals surface area (Å²) in [5.74, 6) is -4.09. The highest BCUT2D eigenvalue weighted by atomic mass is 35.5. The van der Waals surface area contributed by atoms with E-state index in [0.717, 1.165) is 4.88 Å². The van der Waals surface area contributed by atoms with E-state index in [1.165, 1.54) is 52.0 Å². The predicted molar refractivity (Wildman–Crippen MR) is 133 cm³/mol. The predicted octanol–water partition coefficient (Wildman–Crippen LogP) is 4.06. The van der Waals surface area contributed by atoms with E-state index in [-0.39, 0.29) is 18.8 Å². The first-order chi connectivity index (χ1) is 17.8. The number of thiophene rings is 1. The van der Waals surface area contributed by atoms with Crippen molar-refractivity contribution >= 4 is 52.2 Å². The number of aromatic nitrogens is 5. The fraction of sp³-hybridized carbons (Fsp3) is 0.0909. The van der Waals surface area contributed by atoms with Gasteiger partial charge in [-0.15, -0.1) is 11.3 Å². The average Bonchev–Trinajstić information content (AvgIpc) is 3.68. The third-order valence-electron chi connectivity index (χ3n) is 5.18. The molecule has 0 aliphatic carbocycles. The minimum absolute atomic E-state index is 0.0266. The fourth-order valence-electron chi connectivity index (χ4n) is 3.51. The number of carbonyl (C=O) groups is 2. The molecule has 11 nitrogen and oxygen atoms in total. The highest BCUT2D eigenvalue weighted by Gasteiger charge is 2.30. The number of carboxylic acids is 1. The monoisotopic (exact) mass is 560 g/mol. The van der Waals surface area contributed by atoms with Crippen LogP contribution in [0.1, 0.15) is 31.5 Å². The summed E-state index contributed by atoms with van der Waals surface area (Å²) in [5.41, 5.74) is -1.87. The van der Waals surface area contributed by atoms with Gasteiger partial charge in [0.05, 0.1) is 40.4 Å². The minimum atomic E-state index is -1.47. The first-order valence-corrected chi connectivity index (χ1v) is 12.4. The fourth-order valence-corrected chi connectivity index (χ4v) is 5.07. The third-order valence-corrected chi connectivity index (χ3v) is 7.01. The second-order valence-corrected chi connectivity index (χ2v) is 9.96. The molecule has 2 N–H and O–H groups in total. The van der Waals surface area contributed by atoms with Gasteiger partial charge in [0.1, 0.15) is 5.69 Å². The number of hydrogen-bond donors (Lipinski definition) is 2. The first kappa shape index (κ1) is 24.5. The number of carbonyl (C=O) groups excluding carboxylic acids is 1. The van der Waals surface area contributed by atoms with Crippen LogP contribution in [0.2, 0.25) is 4.34 Å². The molecule has 5 heterocycles. The van der Waals surface area contributed by atoms with E-state index in [2.05, 4.69) is 19.9 Å². The quantitative estimate of drug-likeness (QED) is 0.287. The Morgan fingerprint density at radius 3 is 2.70 bits per heavy atom. The molecule has 0 unspecified atom stereocenters. The van der Waals surface area contributed by atoms with Gasteiger partial charge in [0.15, 0.2) is 11.6 Å². The van der Waals surface area contributed by atoms with Crippen molar-refractivity contribution in [3.05, 3.63) is 90.5 Å². The molecule has 5 aromatic heterocycles. The summed E-state index contributed by atoms with van der Waals surface area (Å²) in [5, 5.41) is 21.8. The maximum absolute atomic E-state index is 15.9. The molecule has 37 heavy (non-hydrogen) atoms. The Morgan fingerprint density at radius 1 is 1.22 bits per heavy atom. The Hall–Kier alpha value is -4.14. The van der Waals surface area contributed by atoms with Crippen molar-refractivity contribution in [1.29, 1.82) is 0 Å².